The van der Waals surface area contributed by atoms with E-state index in [1.54, 1.807) is 6.07 Å². The first kappa shape index (κ1) is 16.0. The van der Waals surface area contributed by atoms with Crippen LogP contribution in [-0.2, 0) is 0 Å². The van der Waals surface area contributed by atoms with Crippen molar-refractivity contribution in [3.63, 3.8) is 0 Å². The first-order valence-electron chi connectivity index (χ1n) is 7.52. The Morgan fingerprint density at radius 3 is 2.43 bits per heavy atom. The van der Waals surface area contributed by atoms with Crippen molar-refractivity contribution < 1.29 is 8.81 Å². The third-order valence-electron chi connectivity index (χ3n) is 4.72. The monoisotopic (exact) mass is 292 g/mol. The van der Waals surface area contributed by atoms with Gasteiger partial charge < -0.3 is 14.6 Å². The Balaban J connectivity index is 2.51. The number of nitrogens with zero attached hydrogens (tertiary/aromatic N) is 1. The van der Waals surface area contributed by atoms with Crippen molar-refractivity contribution in [2.45, 2.75) is 38.3 Å². The van der Waals surface area contributed by atoms with Gasteiger partial charge in [-0.25, -0.2) is 4.39 Å². The molecular formula is C17H25FN2O. The van der Waals surface area contributed by atoms with E-state index in [0.29, 0.717) is 0 Å². The summed E-state index contributed by atoms with van der Waals surface area (Å²) in [5.74, 6) is 0.621. The Hall–Kier alpha value is -1.39. The van der Waals surface area contributed by atoms with Gasteiger partial charge >= 0.3 is 0 Å². The summed E-state index contributed by atoms with van der Waals surface area (Å²) in [5.41, 5.74) is 0.688. The summed E-state index contributed by atoms with van der Waals surface area (Å²) in [6.07, 6.45) is 1.99. The Morgan fingerprint density at radius 2 is 1.90 bits per heavy atom. The minimum atomic E-state index is -0.235. The molecule has 1 aromatic carbocycles. The number of furan rings is 1. The fourth-order valence-electron chi connectivity index (χ4n) is 3.40. The van der Waals surface area contributed by atoms with Gasteiger partial charge in [0, 0.05) is 10.9 Å². The Labute approximate surface area is 126 Å². The number of benzene rings is 1. The maximum absolute atomic E-state index is 13.4. The third-order valence-corrected chi connectivity index (χ3v) is 4.72. The first-order valence-corrected chi connectivity index (χ1v) is 7.52. The number of halogens is 1. The number of rotatable bonds is 6. The van der Waals surface area contributed by atoms with Crippen LogP contribution in [0.5, 0.6) is 0 Å². The van der Waals surface area contributed by atoms with Crippen LogP contribution in [0.1, 0.15) is 38.5 Å². The average molecular weight is 292 g/mol. The summed E-state index contributed by atoms with van der Waals surface area (Å²) >= 11 is 0. The Kier molecular flexibility index (Phi) is 4.69. The second kappa shape index (κ2) is 6.16. The SMILES string of the molecule is CCC(CC)(C(NC)c1cc2cc(F)ccc2o1)N(C)C. The van der Waals surface area contributed by atoms with Crippen LogP contribution in [0.3, 0.4) is 0 Å². The smallest absolute Gasteiger partial charge is 0.134 e. The number of hydrogen-bond acceptors (Lipinski definition) is 3. The summed E-state index contributed by atoms with van der Waals surface area (Å²) in [7, 11) is 6.14. The van der Waals surface area contributed by atoms with Gasteiger partial charge in [-0.15, -0.1) is 0 Å². The third kappa shape index (κ3) is 2.70. The predicted octanol–water partition coefficient (Wildman–Crippen LogP) is 3.95. The molecular weight excluding hydrogens is 267 g/mol. The quantitative estimate of drug-likeness (QED) is 0.873. The van der Waals surface area contributed by atoms with Crippen LogP contribution in [0.25, 0.3) is 11.0 Å². The van der Waals surface area contributed by atoms with Crippen molar-refractivity contribution in [3.05, 3.63) is 35.8 Å². The normalized spacial score (nSPS) is 14.0. The molecule has 4 heteroatoms. The maximum Gasteiger partial charge on any atom is 0.134 e. The summed E-state index contributed by atoms with van der Waals surface area (Å²) < 4.78 is 19.3. The number of likely N-dealkylation sites (N-methyl/N-ethyl adjacent to an activating group) is 2. The zero-order valence-electron chi connectivity index (χ0n) is 13.5. The lowest BCUT2D eigenvalue weighted by molar-refractivity contribution is 0.0824. The van der Waals surface area contributed by atoms with Crippen LogP contribution in [-0.4, -0.2) is 31.6 Å². The van der Waals surface area contributed by atoms with Crippen molar-refractivity contribution in [2.75, 3.05) is 21.1 Å². The van der Waals surface area contributed by atoms with E-state index in [1.165, 1.54) is 12.1 Å². The van der Waals surface area contributed by atoms with Gasteiger partial charge in [0.2, 0.25) is 0 Å². The lowest BCUT2D eigenvalue weighted by Gasteiger charge is -2.44. The van der Waals surface area contributed by atoms with Crippen LogP contribution in [0, 0.1) is 5.82 Å². The molecule has 0 aliphatic rings. The van der Waals surface area contributed by atoms with E-state index in [2.05, 4.69) is 38.2 Å². The summed E-state index contributed by atoms with van der Waals surface area (Å²) in [4.78, 5) is 2.25. The molecule has 1 atom stereocenters. The van der Waals surface area contributed by atoms with Gasteiger partial charge in [0.15, 0.2) is 0 Å². The summed E-state index contributed by atoms with van der Waals surface area (Å²) in [6.45, 7) is 4.38. The minimum absolute atomic E-state index is 0.0405. The highest BCUT2D eigenvalue weighted by Gasteiger charge is 2.39. The topological polar surface area (TPSA) is 28.4 Å². The number of hydrogen-bond donors (Lipinski definition) is 1. The molecule has 0 aliphatic heterocycles. The second-order valence-electron chi connectivity index (χ2n) is 5.76. The number of nitrogens with one attached hydrogen (secondary N) is 1. The van der Waals surface area contributed by atoms with Gasteiger partial charge in [0.05, 0.1) is 6.04 Å². The zero-order chi connectivity index (χ0) is 15.6. The highest BCUT2D eigenvalue weighted by molar-refractivity contribution is 5.78. The van der Waals surface area contributed by atoms with E-state index in [-0.39, 0.29) is 17.4 Å². The molecule has 0 bridgehead atoms. The molecule has 0 spiro atoms. The van der Waals surface area contributed by atoms with Gasteiger partial charge in [-0.3, -0.25) is 0 Å². The molecule has 0 saturated carbocycles. The molecule has 2 aromatic rings. The summed E-state index contributed by atoms with van der Waals surface area (Å²) in [6, 6.07) is 6.64. The van der Waals surface area contributed by atoms with Crippen molar-refractivity contribution in [2.24, 2.45) is 0 Å². The Morgan fingerprint density at radius 1 is 1.24 bits per heavy atom. The highest BCUT2D eigenvalue weighted by atomic mass is 19.1. The standard InChI is InChI=1S/C17H25FN2O/c1-6-17(7-2,20(4)5)16(19-3)15-11-12-10-13(18)8-9-14(12)21-15/h8-11,16,19H,6-7H2,1-5H3. The summed E-state index contributed by atoms with van der Waals surface area (Å²) in [5, 5.41) is 4.20. The fourth-order valence-corrected chi connectivity index (χ4v) is 3.40. The number of fused-ring (bicyclic) bond motifs is 1. The van der Waals surface area contributed by atoms with Gasteiger partial charge in [-0.05, 0) is 58.3 Å². The van der Waals surface area contributed by atoms with Crippen molar-refractivity contribution >= 4 is 11.0 Å². The molecule has 0 radical (unpaired) electrons. The van der Waals surface area contributed by atoms with Gasteiger partial charge in [-0.2, -0.15) is 0 Å². The van der Waals surface area contributed by atoms with Crippen LogP contribution in [0.2, 0.25) is 0 Å². The van der Waals surface area contributed by atoms with Gasteiger partial charge in [0.1, 0.15) is 17.2 Å². The van der Waals surface area contributed by atoms with Crippen LogP contribution < -0.4 is 5.32 Å². The molecule has 0 amide bonds. The Bertz CT molecular complexity index is 602. The minimum Gasteiger partial charge on any atom is -0.459 e. The van der Waals surface area contributed by atoms with Crippen LogP contribution >= 0.6 is 0 Å². The molecule has 1 aromatic heterocycles. The lowest BCUT2D eigenvalue weighted by Crippen LogP contribution is -2.52. The second-order valence-corrected chi connectivity index (χ2v) is 5.76. The largest absolute Gasteiger partial charge is 0.459 e. The zero-order valence-corrected chi connectivity index (χ0v) is 13.5. The predicted molar refractivity (Wildman–Crippen MR) is 85.0 cm³/mol. The van der Waals surface area contributed by atoms with Crippen LogP contribution in [0.15, 0.2) is 28.7 Å². The lowest BCUT2D eigenvalue weighted by atomic mass is 9.82. The van der Waals surface area contributed by atoms with E-state index >= 15 is 0 Å². The molecule has 1 heterocycles. The molecule has 1 N–H and O–H groups in total. The van der Waals surface area contributed by atoms with Gasteiger partial charge in [0.25, 0.3) is 0 Å². The molecule has 0 fully saturated rings. The van der Waals surface area contributed by atoms with E-state index in [4.69, 9.17) is 4.42 Å². The molecule has 3 nitrogen and oxygen atoms in total. The molecule has 0 saturated heterocycles. The molecule has 21 heavy (non-hydrogen) atoms. The van der Waals surface area contributed by atoms with Crippen molar-refractivity contribution in [3.8, 4) is 0 Å². The van der Waals surface area contributed by atoms with Crippen molar-refractivity contribution in [1.29, 1.82) is 0 Å². The van der Waals surface area contributed by atoms with Crippen molar-refractivity contribution in [1.82, 2.24) is 10.2 Å². The van der Waals surface area contributed by atoms with E-state index in [1.807, 2.05) is 13.1 Å². The maximum atomic E-state index is 13.4. The van der Waals surface area contributed by atoms with Gasteiger partial charge in [-0.1, -0.05) is 13.8 Å². The average Bonchev–Trinajstić information content (AvgIpc) is 2.86. The highest BCUT2D eigenvalue weighted by Crippen LogP contribution is 2.37. The van der Waals surface area contributed by atoms with Crippen LogP contribution in [0.4, 0.5) is 4.39 Å². The molecule has 116 valence electrons. The van der Waals surface area contributed by atoms with E-state index in [9.17, 15) is 4.39 Å². The fraction of sp³-hybridized carbons (Fsp3) is 0.529. The molecule has 1 unspecified atom stereocenters. The molecule has 2 rings (SSSR count). The van der Waals surface area contributed by atoms with E-state index < -0.39 is 0 Å². The first-order chi connectivity index (χ1) is 9.98. The molecule has 0 aliphatic carbocycles. The van der Waals surface area contributed by atoms with E-state index in [0.717, 1.165) is 29.6 Å².